The first-order valence-corrected chi connectivity index (χ1v) is 29.8. The number of hydrogen-bond donors (Lipinski definition) is 0. The standard InChI is InChI=1S/2C25H23.C2H7Si.Zr/c2*1-25(2,3)20-16-23-21(18-10-6-4-7-11-18)14-15-22(24(23)17-20)19-12-8-5-9-13-19;1-3-2;/h2*4-17H,1-3H3;3H,1-2H3;. The topological polar surface area (TPSA) is 0 Å². The molecule has 269 valence electrons. The number of benzene rings is 6. The Kier molecular flexibility index (Phi) is 9.91. The predicted octanol–water partition coefficient (Wildman–Crippen LogP) is 14.6. The van der Waals surface area contributed by atoms with Crippen molar-refractivity contribution < 1.29 is 20.9 Å². The average Bonchev–Trinajstić information content (AvgIpc) is 3.77. The summed E-state index contributed by atoms with van der Waals surface area (Å²) in [5.74, 6) is -1.22. The molecule has 0 fully saturated rings. The zero-order valence-corrected chi connectivity index (χ0v) is 36.9. The van der Waals surface area contributed by atoms with Crippen LogP contribution in [0.1, 0.15) is 71.0 Å². The molecule has 8 rings (SSSR count). The van der Waals surface area contributed by atoms with Gasteiger partial charge in [-0.15, -0.1) is 0 Å². The van der Waals surface area contributed by atoms with Gasteiger partial charge in [0.2, 0.25) is 0 Å². The second-order valence-electron chi connectivity index (χ2n) is 17.7. The molecule has 0 aromatic heterocycles. The van der Waals surface area contributed by atoms with Gasteiger partial charge in [-0.25, -0.2) is 0 Å². The van der Waals surface area contributed by atoms with Crippen molar-refractivity contribution in [3.8, 4) is 44.5 Å². The van der Waals surface area contributed by atoms with Crippen molar-refractivity contribution in [2.75, 3.05) is 0 Å². The van der Waals surface area contributed by atoms with Crippen molar-refractivity contribution in [1.82, 2.24) is 0 Å². The van der Waals surface area contributed by atoms with E-state index >= 15 is 0 Å². The molecule has 2 aliphatic carbocycles. The van der Waals surface area contributed by atoms with E-state index in [9.17, 15) is 0 Å². The van der Waals surface area contributed by atoms with Crippen LogP contribution in [-0.2, 0) is 20.9 Å². The Morgan fingerprint density at radius 2 is 0.667 bits per heavy atom. The fourth-order valence-corrected chi connectivity index (χ4v) is 32.8. The monoisotopic (exact) mass is 795 g/mol. The van der Waals surface area contributed by atoms with E-state index in [0.717, 1.165) is 0 Å². The van der Waals surface area contributed by atoms with Gasteiger partial charge in [-0.1, -0.05) is 0 Å². The van der Waals surface area contributed by atoms with Crippen molar-refractivity contribution in [1.29, 1.82) is 0 Å². The van der Waals surface area contributed by atoms with Gasteiger partial charge in [0.15, 0.2) is 0 Å². The molecule has 6 aromatic rings. The Labute approximate surface area is 333 Å². The molecule has 2 aliphatic rings. The van der Waals surface area contributed by atoms with Crippen LogP contribution in [0.4, 0.5) is 0 Å². The summed E-state index contributed by atoms with van der Waals surface area (Å²) in [4.78, 5) is 0. The molecule has 0 N–H and O–H groups in total. The van der Waals surface area contributed by atoms with E-state index in [2.05, 4.69) is 212 Å². The van der Waals surface area contributed by atoms with Gasteiger partial charge in [0.1, 0.15) is 0 Å². The van der Waals surface area contributed by atoms with E-state index in [1.807, 2.05) is 0 Å². The Morgan fingerprint density at radius 1 is 0.389 bits per heavy atom. The van der Waals surface area contributed by atoms with Crippen molar-refractivity contribution in [3.63, 3.8) is 0 Å². The summed E-state index contributed by atoms with van der Waals surface area (Å²) in [7, 11) is 0. The second kappa shape index (κ2) is 14.5. The summed E-state index contributed by atoms with van der Waals surface area (Å²) in [5, 5.41) is 0. The van der Waals surface area contributed by atoms with Crippen LogP contribution in [0.25, 0.3) is 56.7 Å². The molecule has 0 amide bonds. The van der Waals surface area contributed by atoms with E-state index < -0.39 is 26.8 Å². The number of rotatable bonds is 7. The van der Waals surface area contributed by atoms with Crippen LogP contribution in [0, 0.1) is 10.8 Å². The van der Waals surface area contributed by atoms with E-state index in [-0.39, 0.29) is 10.8 Å². The van der Waals surface area contributed by atoms with E-state index in [0.29, 0.717) is 7.25 Å². The molecule has 0 bridgehead atoms. The molecular weight excluding hydrogens is 744 g/mol. The molecule has 0 spiro atoms. The van der Waals surface area contributed by atoms with E-state index in [4.69, 9.17) is 0 Å². The molecule has 0 saturated carbocycles. The SMILES string of the molecule is C[SiH](C)[Zr]([CH]1C(C(C)(C)C)=Cc2c(-c3ccccc3)ccc(-c3ccccc3)c21)[CH]1C(C(C)(C)C)=Cc2c(-c3ccccc3)ccc(-c3ccccc3)c21. The van der Waals surface area contributed by atoms with Gasteiger partial charge in [0.05, 0.1) is 0 Å². The van der Waals surface area contributed by atoms with E-state index in [1.54, 1.807) is 22.3 Å². The van der Waals surface area contributed by atoms with Crippen molar-refractivity contribution in [2.24, 2.45) is 10.8 Å². The molecule has 2 heteroatoms. The quantitative estimate of drug-likeness (QED) is 0.141. The molecule has 2 unspecified atom stereocenters. The van der Waals surface area contributed by atoms with Crippen LogP contribution in [0.3, 0.4) is 0 Å². The fourth-order valence-electron chi connectivity index (χ4n) is 9.30. The number of fused-ring (bicyclic) bond motifs is 2. The number of allylic oxidation sites excluding steroid dienone is 2. The van der Waals surface area contributed by atoms with Gasteiger partial charge < -0.3 is 0 Å². The van der Waals surface area contributed by atoms with Gasteiger partial charge in [0, 0.05) is 0 Å². The normalized spacial score (nSPS) is 16.5. The number of hydrogen-bond acceptors (Lipinski definition) is 0. The van der Waals surface area contributed by atoms with Crippen molar-refractivity contribution in [2.45, 2.75) is 61.9 Å². The summed E-state index contributed by atoms with van der Waals surface area (Å²) in [6.07, 6.45) is 5.36. The Hall–Kier alpha value is -4.10. The van der Waals surface area contributed by atoms with Crippen LogP contribution < -0.4 is 0 Å². The van der Waals surface area contributed by atoms with Gasteiger partial charge in [-0.2, -0.15) is 0 Å². The van der Waals surface area contributed by atoms with Gasteiger partial charge in [-0.3, -0.25) is 0 Å². The first kappa shape index (κ1) is 36.9. The zero-order valence-electron chi connectivity index (χ0n) is 33.2. The summed E-state index contributed by atoms with van der Waals surface area (Å²) in [5.41, 5.74) is 20.4. The Morgan fingerprint density at radius 3 is 0.944 bits per heavy atom. The van der Waals surface area contributed by atoms with Crippen LogP contribution in [-0.4, -0.2) is 5.92 Å². The third-order valence-corrected chi connectivity index (χ3v) is 33.1. The second-order valence-corrected chi connectivity index (χ2v) is 37.7. The summed E-state index contributed by atoms with van der Waals surface area (Å²) in [6.45, 7) is 20.3. The van der Waals surface area contributed by atoms with Crippen LogP contribution in [0.5, 0.6) is 0 Å². The predicted molar refractivity (Wildman–Crippen MR) is 234 cm³/mol. The molecule has 6 aromatic carbocycles. The van der Waals surface area contributed by atoms with Crippen LogP contribution >= 0.6 is 0 Å². The Bertz CT molecular complexity index is 2190. The molecule has 0 saturated heterocycles. The average molecular weight is 797 g/mol. The zero-order chi connectivity index (χ0) is 37.8. The van der Waals surface area contributed by atoms with Crippen molar-refractivity contribution in [3.05, 3.63) is 179 Å². The van der Waals surface area contributed by atoms with Crippen molar-refractivity contribution >= 4 is 18.1 Å². The molecule has 2 atom stereocenters. The minimum absolute atomic E-state index is 0.0297. The third-order valence-electron chi connectivity index (χ3n) is 11.8. The van der Waals surface area contributed by atoms with Gasteiger partial charge in [0.25, 0.3) is 0 Å². The van der Waals surface area contributed by atoms with Gasteiger partial charge >= 0.3 is 335 Å². The molecular formula is C52H53SiZr. The summed E-state index contributed by atoms with van der Waals surface area (Å²) >= 11 is -2.63. The molecule has 0 nitrogen and oxygen atoms in total. The maximum absolute atomic E-state index is 2.72. The van der Waals surface area contributed by atoms with Gasteiger partial charge in [-0.05, 0) is 0 Å². The van der Waals surface area contributed by atoms with E-state index in [1.165, 1.54) is 55.6 Å². The fraction of sp³-hybridized carbons (Fsp3) is 0.231. The first-order chi connectivity index (χ1) is 25.9. The summed E-state index contributed by atoms with van der Waals surface area (Å²) < 4.78 is 0.942. The molecule has 0 heterocycles. The maximum atomic E-state index is 2.72. The third kappa shape index (κ3) is 6.65. The summed E-state index contributed by atoms with van der Waals surface area (Å²) in [6, 6.07) is 54.6. The minimum atomic E-state index is -2.63. The molecule has 54 heavy (non-hydrogen) atoms. The Balaban J connectivity index is 1.46. The van der Waals surface area contributed by atoms with Crippen LogP contribution in [0.15, 0.2) is 157 Å². The van der Waals surface area contributed by atoms with Crippen LogP contribution in [0.2, 0.25) is 13.1 Å². The molecule has 0 aliphatic heterocycles. The molecule has 0 radical (unpaired) electrons. The first-order valence-electron chi connectivity index (χ1n) is 19.8.